The number of hydrogen-bond donors (Lipinski definition) is 2. The van der Waals surface area contributed by atoms with E-state index in [2.05, 4.69) is 22.2 Å². The molecule has 0 aliphatic carbocycles. The number of rotatable bonds is 8. The molecule has 17 heavy (non-hydrogen) atoms. The number of nitrogens with one attached hydrogen (secondary N) is 1. The summed E-state index contributed by atoms with van der Waals surface area (Å²) in [6.07, 6.45) is 1.76. The van der Waals surface area contributed by atoms with Crippen molar-refractivity contribution in [1.82, 2.24) is 9.88 Å². The van der Waals surface area contributed by atoms with Gasteiger partial charge in [0.1, 0.15) is 5.82 Å². The van der Waals surface area contributed by atoms with Gasteiger partial charge in [0.2, 0.25) is 0 Å². The van der Waals surface area contributed by atoms with E-state index < -0.39 is 0 Å². The van der Waals surface area contributed by atoms with Crippen LogP contribution in [0.2, 0.25) is 0 Å². The molecule has 0 atom stereocenters. The van der Waals surface area contributed by atoms with Crippen molar-refractivity contribution in [2.45, 2.75) is 20.4 Å². The molecule has 0 aliphatic heterocycles. The third-order valence-electron chi connectivity index (χ3n) is 2.58. The minimum Gasteiger partial charge on any atom is -0.380 e. The van der Waals surface area contributed by atoms with Crippen molar-refractivity contribution < 1.29 is 4.74 Å². The molecule has 1 aromatic heterocycles. The van der Waals surface area contributed by atoms with Crippen LogP contribution in [0.15, 0.2) is 18.3 Å². The van der Waals surface area contributed by atoms with Crippen molar-refractivity contribution in [3.63, 3.8) is 0 Å². The van der Waals surface area contributed by atoms with Crippen LogP contribution in [0.4, 0.5) is 5.82 Å². The second-order valence-electron chi connectivity index (χ2n) is 3.76. The summed E-state index contributed by atoms with van der Waals surface area (Å²) in [5, 5.41) is 0. The van der Waals surface area contributed by atoms with Gasteiger partial charge >= 0.3 is 0 Å². The van der Waals surface area contributed by atoms with Crippen LogP contribution in [0.1, 0.15) is 19.4 Å². The molecule has 1 aromatic rings. The van der Waals surface area contributed by atoms with Crippen molar-refractivity contribution in [2.24, 2.45) is 5.84 Å². The Morgan fingerprint density at radius 2 is 2.29 bits per heavy atom. The fourth-order valence-electron chi connectivity index (χ4n) is 1.60. The number of pyridine rings is 1. The predicted octanol–water partition coefficient (Wildman–Crippen LogP) is 1.23. The van der Waals surface area contributed by atoms with Crippen molar-refractivity contribution in [3.05, 3.63) is 23.9 Å². The topological polar surface area (TPSA) is 63.4 Å². The lowest BCUT2D eigenvalue weighted by atomic mass is 10.2. The largest absolute Gasteiger partial charge is 0.380 e. The Balaban J connectivity index is 2.48. The first-order chi connectivity index (χ1) is 8.30. The Hall–Kier alpha value is -1.17. The van der Waals surface area contributed by atoms with Crippen LogP contribution in [-0.2, 0) is 11.3 Å². The molecule has 3 N–H and O–H groups in total. The molecule has 0 amide bonds. The number of hydrogen-bond acceptors (Lipinski definition) is 5. The van der Waals surface area contributed by atoms with Gasteiger partial charge < -0.3 is 10.2 Å². The highest BCUT2D eigenvalue weighted by Crippen LogP contribution is 2.08. The van der Waals surface area contributed by atoms with Crippen molar-refractivity contribution >= 4 is 5.82 Å². The summed E-state index contributed by atoms with van der Waals surface area (Å²) >= 11 is 0. The minimum atomic E-state index is 0.698. The van der Waals surface area contributed by atoms with Crippen LogP contribution in [0.5, 0.6) is 0 Å². The van der Waals surface area contributed by atoms with Gasteiger partial charge in [-0.05, 0) is 31.2 Å². The SMILES string of the molecule is CCOCCN(CC)Cc1ccnc(NN)c1. The quantitative estimate of drug-likeness (QED) is 0.405. The molecule has 0 spiro atoms. The van der Waals surface area contributed by atoms with E-state index in [1.165, 1.54) is 5.56 Å². The van der Waals surface area contributed by atoms with E-state index in [1.54, 1.807) is 6.20 Å². The van der Waals surface area contributed by atoms with Gasteiger partial charge in [-0.3, -0.25) is 4.90 Å². The van der Waals surface area contributed by atoms with Gasteiger partial charge in [-0.25, -0.2) is 10.8 Å². The van der Waals surface area contributed by atoms with E-state index in [0.717, 1.165) is 32.8 Å². The number of nitrogens with zero attached hydrogens (tertiary/aromatic N) is 2. The second-order valence-corrected chi connectivity index (χ2v) is 3.76. The van der Waals surface area contributed by atoms with Gasteiger partial charge in [-0.1, -0.05) is 6.92 Å². The summed E-state index contributed by atoms with van der Waals surface area (Å²) in [5.74, 6) is 6.03. The van der Waals surface area contributed by atoms with E-state index >= 15 is 0 Å². The number of aromatic nitrogens is 1. The fraction of sp³-hybridized carbons (Fsp3) is 0.583. The summed E-state index contributed by atoms with van der Waals surface area (Å²) in [5.41, 5.74) is 3.76. The Labute approximate surface area is 103 Å². The summed E-state index contributed by atoms with van der Waals surface area (Å²) in [6.45, 7) is 8.54. The number of hydrazine groups is 1. The highest BCUT2D eigenvalue weighted by Gasteiger charge is 2.04. The number of anilines is 1. The van der Waals surface area contributed by atoms with E-state index in [1.807, 2.05) is 19.1 Å². The summed E-state index contributed by atoms with van der Waals surface area (Å²) < 4.78 is 5.36. The van der Waals surface area contributed by atoms with Crippen LogP contribution in [0.25, 0.3) is 0 Å². The van der Waals surface area contributed by atoms with Gasteiger partial charge in [-0.15, -0.1) is 0 Å². The fourth-order valence-corrected chi connectivity index (χ4v) is 1.60. The van der Waals surface area contributed by atoms with Crippen molar-refractivity contribution in [3.8, 4) is 0 Å². The Morgan fingerprint density at radius 3 is 2.94 bits per heavy atom. The zero-order valence-electron chi connectivity index (χ0n) is 10.6. The van der Waals surface area contributed by atoms with E-state index in [-0.39, 0.29) is 0 Å². The van der Waals surface area contributed by atoms with Crippen LogP contribution >= 0.6 is 0 Å². The molecule has 96 valence electrons. The Bertz CT molecular complexity index is 319. The van der Waals surface area contributed by atoms with Crippen LogP contribution < -0.4 is 11.3 Å². The molecular weight excluding hydrogens is 216 g/mol. The average Bonchev–Trinajstić information content (AvgIpc) is 2.38. The molecule has 0 unspecified atom stereocenters. The molecule has 1 heterocycles. The smallest absolute Gasteiger partial charge is 0.140 e. The zero-order chi connectivity index (χ0) is 12.5. The van der Waals surface area contributed by atoms with E-state index in [4.69, 9.17) is 10.6 Å². The van der Waals surface area contributed by atoms with Crippen molar-refractivity contribution in [2.75, 3.05) is 31.7 Å². The monoisotopic (exact) mass is 238 g/mol. The van der Waals surface area contributed by atoms with Crippen molar-refractivity contribution in [1.29, 1.82) is 0 Å². The molecule has 0 bridgehead atoms. The summed E-state index contributed by atoms with van der Waals surface area (Å²) in [6, 6.07) is 3.97. The van der Waals surface area contributed by atoms with Crippen LogP contribution in [0, 0.1) is 0 Å². The van der Waals surface area contributed by atoms with E-state index in [0.29, 0.717) is 5.82 Å². The van der Waals surface area contributed by atoms with Gasteiger partial charge in [0.25, 0.3) is 0 Å². The highest BCUT2D eigenvalue weighted by molar-refractivity contribution is 5.35. The molecule has 0 aliphatic rings. The molecule has 5 heteroatoms. The van der Waals surface area contributed by atoms with Gasteiger partial charge in [0.15, 0.2) is 0 Å². The number of nitrogen functional groups attached to an aromatic ring is 1. The van der Waals surface area contributed by atoms with Gasteiger partial charge in [-0.2, -0.15) is 0 Å². The lowest BCUT2D eigenvalue weighted by molar-refractivity contribution is 0.113. The lowest BCUT2D eigenvalue weighted by Crippen LogP contribution is -2.27. The molecule has 5 nitrogen and oxygen atoms in total. The summed E-state index contributed by atoms with van der Waals surface area (Å²) in [4.78, 5) is 6.41. The van der Waals surface area contributed by atoms with E-state index in [9.17, 15) is 0 Å². The molecular formula is C12H22N4O. The first kappa shape index (κ1) is 13.9. The molecule has 0 radical (unpaired) electrons. The number of nitrogens with two attached hydrogens (primary N) is 1. The number of ether oxygens (including phenoxy) is 1. The normalized spacial score (nSPS) is 10.8. The maximum Gasteiger partial charge on any atom is 0.140 e. The third-order valence-corrected chi connectivity index (χ3v) is 2.58. The maximum atomic E-state index is 5.36. The lowest BCUT2D eigenvalue weighted by Gasteiger charge is -2.20. The van der Waals surface area contributed by atoms with Crippen LogP contribution in [-0.4, -0.2) is 36.2 Å². The minimum absolute atomic E-state index is 0.698. The molecule has 1 rings (SSSR count). The maximum absolute atomic E-state index is 5.36. The number of likely N-dealkylation sites (N-methyl/N-ethyl adjacent to an activating group) is 1. The Morgan fingerprint density at radius 1 is 1.47 bits per heavy atom. The van der Waals surface area contributed by atoms with Gasteiger partial charge in [0, 0.05) is 25.9 Å². The van der Waals surface area contributed by atoms with Gasteiger partial charge in [0.05, 0.1) is 6.61 Å². The average molecular weight is 238 g/mol. The van der Waals surface area contributed by atoms with Crippen LogP contribution in [0.3, 0.4) is 0 Å². The molecule has 0 saturated carbocycles. The first-order valence-corrected chi connectivity index (χ1v) is 6.01. The first-order valence-electron chi connectivity index (χ1n) is 6.01. The predicted molar refractivity (Wildman–Crippen MR) is 69.5 cm³/mol. The summed E-state index contributed by atoms with van der Waals surface area (Å²) in [7, 11) is 0. The Kier molecular flexibility index (Phi) is 6.54. The molecule has 0 fully saturated rings. The zero-order valence-corrected chi connectivity index (χ0v) is 10.6. The highest BCUT2D eigenvalue weighted by atomic mass is 16.5. The third kappa shape index (κ3) is 5.12. The standard InChI is InChI=1S/C12H22N4O/c1-3-16(7-8-17-4-2)10-11-5-6-14-12(9-11)15-13/h5-6,9H,3-4,7-8,10,13H2,1-2H3,(H,14,15). The molecule has 0 saturated heterocycles. The molecule has 0 aromatic carbocycles. The second kappa shape index (κ2) is 8.00.